The zero-order chi connectivity index (χ0) is 11.1. The van der Waals surface area contributed by atoms with Crippen LogP contribution in [0.25, 0.3) is 0 Å². The van der Waals surface area contributed by atoms with Crippen LogP contribution >= 0.6 is 0 Å². The highest BCUT2D eigenvalue weighted by Crippen LogP contribution is 1.99. The van der Waals surface area contributed by atoms with E-state index in [9.17, 15) is 4.79 Å². The van der Waals surface area contributed by atoms with Crippen molar-refractivity contribution in [1.82, 2.24) is 10.2 Å². The number of carbonyl (C=O) groups excluding carboxylic acids is 1. The molecule has 14 heavy (non-hydrogen) atoms. The highest BCUT2D eigenvalue weighted by Gasteiger charge is 2.11. The Bertz CT molecular complexity index is 190. The molecule has 2 unspecified atom stereocenters. The fraction of sp³-hybridized carbons (Fsp3) is 0.727. The van der Waals surface area contributed by atoms with Gasteiger partial charge in [0.15, 0.2) is 0 Å². The molecule has 0 bridgehead atoms. The maximum Gasteiger partial charge on any atom is 0.223 e. The predicted molar refractivity (Wildman–Crippen MR) is 60.2 cm³/mol. The van der Waals surface area contributed by atoms with E-state index in [-0.39, 0.29) is 11.9 Å². The van der Waals surface area contributed by atoms with Crippen molar-refractivity contribution in [2.75, 3.05) is 14.1 Å². The molecular formula is C11H22N2O. The van der Waals surface area contributed by atoms with Crippen molar-refractivity contribution in [3.05, 3.63) is 12.7 Å². The maximum absolute atomic E-state index is 11.4. The van der Waals surface area contributed by atoms with Crippen molar-refractivity contribution in [3.8, 4) is 0 Å². The van der Waals surface area contributed by atoms with Crippen LogP contribution in [0.1, 0.15) is 26.7 Å². The summed E-state index contributed by atoms with van der Waals surface area (Å²) in [6, 6.07) is 0.609. The van der Waals surface area contributed by atoms with Gasteiger partial charge in [0, 0.05) is 32.6 Å². The summed E-state index contributed by atoms with van der Waals surface area (Å²) in [7, 11) is 3.56. The molecule has 1 N–H and O–H groups in total. The Morgan fingerprint density at radius 1 is 1.43 bits per heavy atom. The molecule has 0 aliphatic heterocycles. The van der Waals surface area contributed by atoms with Gasteiger partial charge in [0.25, 0.3) is 0 Å². The van der Waals surface area contributed by atoms with E-state index in [0.717, 1.165) is 6.42 Å². The minimum atomic E-state index is 0.163. The van der Waals surface area contributed by atoms with Gasteiger partial charge in [-0.1, -0.05) is 6.08 Å². The van der Waals surface area contributed by atoms with Gasteiger partial charge in [0.1, 0.15) is 0 Å². The summed E-state index contributed by atoms with van der Waals surface area (Å²) >= 11 is 0. The average Bonchev–Trinajstić information content (AvgIpc) is 2.03. The Kier molecular flexibility index (Phi) is 6.21. The Morgan fingerprint density at radius 2 is 2.00 bits per heavy atom. The molecule has 0 fully saturated rings. The van der Waals surface area contributed by atoms with Crippen molar-refractivity contribution in [3.63, 3.8) is 0 Å². The van der Waals surface area contributed by atoms with E-state index >= 15 is 0 Å². The highest BCUT2D eigenvalue weighted by molar-refractivity contribution is 5.76. The summed E-state index contributed by atoms with van der Waals surface area (Å²) in [5.74, 6) is 0.163. The fourth-order valence-corrected chi connectivity index (χ4v) is 1.31. The third kappa shape index (κ3) is 5.75. The number of hydrogen-bond acceptors (Lipinski definition) is 2. The second kappa shape index (κ2) is 6.60. The molecule has 0 aromatic heterocycles. The molecule has 0 aliphatic rings. The van der Waals surface area contributed by atoms with E-state index in [1.807, 2.05) is 13.0 Å². The molecule has 0 heterocycles. The molecule has 82 valence electrons. The summed E-state index contributed by atoms with van der Waals surface area (Å²) in [5.41, 5.74) is 0. The summed E-state index contributed by atoms with van der Waals surface area (Å²) in [5, 5.41) is 3.35. The Labute approximate surface area is 87.2 Å². The van der Waals surface area contributed by atoms with Gasteiger partial charge in [-0.3, -0.25) is 4.79 Å². The zero-order valence-corrected chi connectivity index (χ0v) is 9.71. The van der Waals surface area contributed by atoms with E-state index < -0.39 is 0 Å². The summed E-state index contributed by atoms with van der Waals surface area (Å²) in [6.07, 6.45) is 3.37. The van der Waals surface area contributed by atoms with Gasteiger partial charge in [0.2, 0.25) is 5.91 Å². The van der Waals surface area contributed by atoms with Crippen LogP contribution in [0, 0.1) is 0 Å². The SMILES string of the molecule is C=CCC(C)NC(C)CC(=O)N(C)C. The van der Waals surface area contributed by atoms with Crippen molar-refractivity contribution in [2.45, 2.75) is 38.8 Å². The lowest BCUT2D eigenvalue weighted by molar-refractivity contribution is -0.129. The maximum atomic E-state index is 11.4. The van der Waals surface area contributed by atoms with Crippen LogP contribution in [-0.2, 0) is 4.79 Å². The van der Waals surface area contributed by atoms with Crippen LogP contribution in [0.5, 0.6) is 0 Å². The first-order valence-corrected chi connectivity index (χ1v) is 5.04. The summed E-state index contributed by atoms with van der Waals surface area (Å²) in [4.78, 5) is 13.0. The zero-order valence-electron chi connectivity index (χ0n) is 9.71. The van der Waals surface area contributed by atoms with Gasteiger partial charge >= 0.3 is 0 Å². The summed E-state index contributed by atoms with van der Waals surface area (Å²) in [6.45, 7) is 7.81. The van der Waals surface area contributed by atoms with Gasteiger partial charge in [0.05, 0.1) is 0 Å². The molecule has 0 aromatic carbocycles. The van der Waals surface area contributed by atoms with E-state index in [1.54, 1.807) is 19.0 Å². The third-order valence-electron chi connectivity index (χ3n) is 2.07. The van der Waals surface area contributed by atoms with Gasteiger partial charge in [-0.2, -0.15) is 0 Å². The second-order valence-corrected chi connectivity index (χ2v) is 3.99. The average molecular weight is 198 g/mol. The molecule has 0 aliphatic carbocycles. The van der Waals surface area contributed by atoms with Gasteiger partial charge in [-0.25, -0.2) is 0 Å². The number of amides is 1. The monoisotopic (exact) mass is 198 g/mol. The molecule has 0 radical (unpaired) electrons. The lowest BCUT2D eigenvalue weighted by atomic mass is 10.1. The van der Waals surface area contributed by atoms with E-state index in [2.05, 4.69) is 18.8 Å². The molecule has 0 rings (SSSR count). The summed E-state index contributed by atoms with van der Waals surface area (Å²) < 4.78 is 0. The van der Waals surface area contributed by atoms with E-state index in [1.165, 1.54) is 0 Å². The Morgan fingerprint density at radius 3 is 2.43 bits per heavy atom. The first-order chi connectivity index (χ1) is 6.47. The molecule has 0 aromatic rings. The molecule has 0 saturated carbocycles. The molecule has 3 nitrogen and oxygen atoms in total. The first kappa shape index (κ1) is 13.2. The lowest BCUT2D eigenvalue weighted by Crippen LogP contribution is -2.38. The van der Waals surface area contributed by atoms with Crippen molar-refractivity contribution in [2.24, 2.45) is 0 Å². The number of carbonyl (C=O) groups is 1. The molecule has 1 amide bonds. The van der Waals surface area contributed by atoms with E-state index in [4.69, 9.17) is 0 Å². The van der Waals surface area contributed by atoms with Crippen LogP contribution < -0.4 is 5.32 Å². The lowest BCUT2D eigenvalue weighted by Gasteiger charge is -2.20. The van der Waals surface area contributed by atoms with E-state index in [0.29, 0.717) is 12.5 Å². The number of nitrogens with zero attached hydrogens (tertiary/aromatic N) is 1. The standard InChI is InChI=1S/C11H22N2O/c1-6-7-9(2)12-10(3)8-11(14)13(4)5/h6,9-10,12H,1,7-8H2,2-5H3. The Balaban J connectivity index is 3.79. The number of nitrogens with one attached hydrogen (secondary N) is 1. The molecule has 3 heteroatoms. The van der Waals surface area contributed by atoms with Crippen LogP contribution in [0.15, 0.2) is 12.7 Å². The van der Waals surface area contributed by atoms with Gasteiger partial charge in [-0.05, 0) is 20.3 Å². The molecular weight excluding hydrogens is 176 g/mol. The van der Waals surface area contributed by atoms with Crippen LogP contribution in [0.4, 0.5) is 0 Å². The van der Waals surface area contributed by atoms with Crippen LogP contribution in [-0.4, -0.2) is 37.0 Å². The van der Waals surface area contributed by atoms with Gasteiger partial charge < -0.3 is 10.2 Å². The van der Waals surface area contributed by atoms with Crippen molar-refractivity contribution < 1.29 is 4.79 Å². The van der Waals surface area contributed by atoms with Crippen LogP contribution in [0.3, 0.4) is 0 Å². The topological polar surface area (TPSA) is 32.3 Å². The third-order valence-corrected chi connectivity index (χ3v) is 2.07. The van der Waals surface area contributed by atoms with Crippen LogP contribution in [0.2, 0.25) is 0 Å². The molecule has 2 atom stereocenters. The highest BCUT2D eigenvalue weighted by atomic mass is 16.2. The molecule has 0 spiro atoms. The van der Waals surface area contributed by atoms with Crippen molar-refractivity contribution >= 4 is 5.91 Å². The fourth-order valence-electron chi connectivity index (χ4n) is 1.31. The van der Waals surface area contributed by atoms with Gasteiger partial charge in [-0.15, -0.1) is 6.58 Å². The quantitative estimate of drug-likeness (QED) is 0.654. The molecule has 0 saturated heterocycles. The first-order valence-electron chi connectivity index (χ1n) is 5.04. The van der Waals surface area contributed by atoms with Crippen molar-refractivity contribution in [1.29, 1.82) is 0 Å². The second-order valence-electron chi connectivity index (χ2n) is 3.99. The normalized spacial score (nSPS) is 14.6. The number of rotatable bonds is 6. The largest absolute Gasteiger partial charge is 0.349 e. The minimum Gasteiger partial charge on any atom is -0.349 e. The Hall–Kier alpha value is -0.830. The smallest absolute Gasteiger partial charge is 0.223 e. The number of hydrogen-bond donors (Lipinski definition) is 1. The predicted octanol–water partition coefficient (Wildman–Crippen LogP) is 1.41. The minimum absolute atomic E-state index is 0.163.